The van der Waals surface area contributed by atoms with E-state index in [2.05, 4.69) is 40.7 Å². The zero-order chi connectivity index (χ0) is 31.2. The van der Waals surface area contributed by atoms with Crippen molar-refractivity contribution in [2.45, 2.75) is 165 Å². The lowest BCUT2D eigenvalue weighted by molar-refractivity contribution is -0.0980. The van der Waals surface area contributed by atoms with Crippen LogP contribution in [0.5, 0.6) is 5.75 Å². The van der Waals surface area contributed by atoms with Gasteiger partial charge in [-0.05, 0) is 67.9 Å². The van der Waals surface area contributed by atoms with E-state index in [4.69, 9.17) is 4.79 Å². The first kappa shape index (κ1) is 42.8. The number of benzene rings is 1. The topological polar surface area (TPSA) is 37.3 Å². The minimum atomic E-state index is -0.261. The van der Waals surface area contributed by atoms with Crippen LogP contribution in [0.15, 0.2) is 29.8 Å². The molecule has 0 heterocycles. The minimum Gasteiger partial charge on any atom is -0.508 e. The van der Waals surface area contributed by atoms with Crippen LogP contribution < -0.4 is 0 Å². The first-order valence-corrected chi connectivity index (χ1v) is 16.9. The van der Waals surface area contributed by atoms with Gasteiger partial charge in [0.2, 0.25) is 0 Å². The van der Waals surface area contributed by atoms with Crippen molar-refractivity contribution in [1.29, 1.82) is 0 Å². The maximum Gasteiger partial charge on any atom is 0.130 e. The highest BCUT2D eigenvalue weighted by atomic mass is 19.1. The number of aryl methyl sites for hydroxylation is 1. The van der Waals surface area contributed by atoms with Crippen molar-refractivity contribution in [1.82, 2.24) is 0 Å². The molecule has 1 atom stereocenters. The van der Waals surface area contributed by atoms with Crippen LogP contribution in [0.25, 0.3) is 0 Å². The predicted molar refractivity (Wildman–Crippen MR) is 178 cm³/mol. The van der Waals surface area contributed by atoms with Crippen molar-refractivity contribution in [2.24, 2.45) is 17.8 Å². The molecule has 1 aromatic carbocycles. The Hall–Kier alpha value is -1.64. The quantitative estimate of drug-likeness (QED) is 0.239. The molecule has 0 spiro atoms. The van der Waals surface area contributed by atoms with Crippen molar-refractivity contribution in [3.05, 3.63) is 41.2 Å². The number of hydrogen-bond donors (Lipinski definition) is 1. The van der Waals surface area contributed by atoms with Gasteiger partial charge in [0, 0.05) is 6.07 Å². The second-order valence-corrected chi connectivity index (χ2v) is 10.9. The van der Waals surface area contributed by atoms with E-state index in [1.165, 1.54) is 96.0 Å². The predicted octanol–water partition coefficient (Wildman–Crippen LogP) is 12.7. The second kappa shape index (κ2) is 31.9. The number of rotatable bonds is 9. The van der Waals surface area contributed by atoms with Gasteiger partial charge >= 0.3 is 0 Å². The standard InChI is InChI=1S/C19H29FO.C10H18.C3H8.2C2H6.CH2O/c1-2-3-4-5-15-6-8-16(9-7-15)10-11-17-12-13-18(21)14-19(17)20;1-3-4-10-7-5-9(2)6-8-10;1-3-2;3*1-2/h12-16,21H,2-11H2,1H3;7,9H,3-6,8H2,1-2H3;3H2,1-2H3;2*1-2H3;1H2. The number of halogens is 1. The van der Waals surface area contributed by atoms with Crippen LogP contribution in [0, 0.1) is 23.6 Å². The summed E-state index contributed by atoms with van der Waals surface area (Å²) < 4.78 is 13.7. The van der Waals surface area contributed by atoms with E-state index < -0.39 is 0 Å². The highest BCUT2D eigenvalue weighted by Gasteiger charge is 2.21. The summed E-state index contributed by atoms with van der Waals surface area (Å²) in [6.45, 7) is 21.1. The summed E-state index contributed by atoms with van der Waals surface area (Å²) >= 11 is 0. The maximum absolute atomic E-state index is 13.7. The summed E-state index contributed by atoms with van der Waals surface area (Å²) in [4.78, 5) is 8.00. The zero-order valence-corrected chi connectivity index (χ0v) is 28.3. The van der Waals surface area contributed by atoms with Gasteiger partial charge < -0.3 is 9.90 Å². The number of aromatic hydroxyl groups is 1. The molecular formula is C37H69FO2. The zero-order valence-electron chi connectivity index (χ0n) is 28.3. The van der Waals surface area contributed by atoms with Crippen molar-refractivity contribution < 1.29 is 14.3 Å². The summed E-state index contributed by atoms with van der Waals surface area (Å²) in [6.07, 6.45) is 23.2. The number of allylic oxidation sites excluding steroid dienone is 2. The fraction of sp³-hybridized carbons (Fsp3) is 0.757. The highest BCUT2D eigenvalue weighted by molar-refractivity contribution is 5.27. The monoisotopic (exact) mass is 565 g/mol. The Labute approximate surface area is 250 Å². The fourth-order valence-corrected chi connectivity index (χ4v) is 5.16. The molecule has 0 bridgehead atoms. The molecule has 236 valence electrons. The van der Waals surface area contributed by atoms with E-state index in [9.17, 15) is 9.50 Å². The summed E-state index contributed by atoms with van der Waals surface area (Å²) in [7, 11) is 0. The lowest BCUT2D eigenvalue weighted by atomic mass is 9.78. The van der Waals surface area contributed by atoms with Gasteiger partial charge in [-0.2, -0.15) is 0 Å². The third-order valence-electron chi connectivity index (χ3n) is 7.38. The van der Waals surface area contributed by atoms with Crippen molar-refractivity contribution in [3.63, 3.8) is 0 Å². The summed E-state index contributed by atoms with van der Waals surface area (Å²) in [5, 5.41) is 9.23. The van der Waals surface area contributed by atoms with E-state index in [-0.39, 0.29) is 11.6 Å². The Morgan fingerprint density at radius 1 is 0.825 bits per heavy atom. The summed E-state index contributed by atoms with van der Waals surface area (Å²) in [6, 6.07) is 4.53. The minimum absolute atomic E-state index is 0.0174. The molecule has 2 aliphatic rings. The van der Waals surface area contributed by atoms with Crippen LogP contribution in [-0.4, -0.2) is 11.9 Å². The maximum atomic E-state index is 13.7. The van der Waals surface area contributed by atoms with Gasteiger partial charge in [-0.15, -0.1) is 0 Å². The molecule has 0 aliphatic heterocycles. The van der Waals surface area contributed by atoms with E-state index in [0.717, 1.165) is 36.2 Å². The van der Waals surface area contributed by atoms with Crippen molar-refractivity contribution >= 4 is 6.79 Å². The van der Waals surface area contributed by atoms with E-state index in [1.54, 1.807) is 17.7 Å². The third kappa shape index (κ3) is 23.1. The molecule has 2 aliphatic carbocycles. The Balaban J connectivity index is -0.000000601. The molecule has 1 saturated carbocycles. The average Bonchev–Trinajstić information content (AvgIpc) is 2.99. The lowest BCUT2D eigenvalue weighted by Gasteiger charge is -2.28. The van der Waals surface area contributed by atoms with Gasteiger partial charge in [0.25, 0.3) is 0 Å². The molecule has 40 heavy (non-hydrogen) atoms. The molecule has 3 heteroatoms. The van der Waals surface area contributed by atoms with Crippen LogP contribution in [0.3, 0.4) is 0 Å². The number of unbranched alkanes of at least 4 members (excludes halogenated alkanes) is 2. The first-order chi connectivity index (χ1) is 19.4. The second-order valence-electron chi connectivity index (χ2n) is 10.9. The Bertz CT molecular complexity index is 677. The first-order valence-electron chi connectivity index (χ1n) is 16.9. The lowest BCUT2D eigenvalue weighted by Crippen LogP contribution is -2.15. The number of carbonyl (C=O) groups excluding carboxylic acids is 1. The van der Waals surface area contributed by atoms with Gasteiger partial charge in [-0.1, -0.05) is 144 Å². The van der Waals surface area contributed by atoms with Crippen molar-refractivity contribution in [3.8, 4) is 5.75 Å². The normalized spacial score (nSPS) is 19.1. The Kier molecular flexibility index (Phi) is 34.1. The molecular weight excluding hydrogens is 495 g/mol. The fourth-order valence-electron chi connectivity index (χ4n) is 5.16. The molecule has 1 unspecified atom stereocenters. The van der Waals surface area contributed by atoms with Gasteiger partial charge in [0.15, 0.2) is 0 Å². The van der Waals surface area contributed by atoms with E-state index >= 15 is 0 Å². The molecule has 2 nitrogen and oxygen atoms in total. The summed E-state index contributed by atoms with van der Waals surface area (Å²) in [5.74, 6) is 2.41. The average molecular weight is 565 g/mol. The Morgan fingerprint density at radius 2 is 1.38 bits per heavy atom. The van der Waals surface area contributed by atoms with Gasteiger partial charge in [0.05, 0.1) is 0 Å². The van der Waals surface area contributed by atoms with Gasteiger partial charge in [-0.25, -0.2) is 4.39 Å². The van der Waals surface area contributed by atoms with Crippen LogP contribution >= 0.6 is 0 Å². The molecule has 1 aromatic rings. The van der Waals surface area contributed by atoms with Crippen LogP contribution in [0.2, 0.25) is 0 Å². The summed E-state index contributed by atoms with van der Waals surface area (Å²) in [5.41, 5.74) is 2.46. The molecule has 0 amide bonds. The Morgan fingerprint density at radius 3 is 1.82 bits per heavy atom. The van der Waals surface area contributed by atoms with Gasteiger partial charge in [-0.3, -0.25) is 0 Å². The number of hydrogen-bond acceptors (Lipinski definition) is 2. The molecule has 3 rings (SSSR count). The van der Waals surface area contributed by atoms with E-state index in [1.807, 2.05) is 34.5 Å². The third-order valence-corrected chi connectivity index (χ3v) is 7.38. The SMILES string of the molecule is C=O.CC.CC.CCC.CCCC1=CCC(C)CC1.CCCCCC1CCC(CCc2ccc(O)cc2F)CC1. The smallest absolute Gasteiger partial charge is 0.130 e. The highest BCUT2D eigenvalue weighted by Crippen LogP contribution is 2.34. The molecule has 0 aromatic heterocycles. The molecule has 1 fully saturated rings. The molecule has 0 saturated heterocycles. The van der Waals surface area contributed by atoms with Crippen LogP contribution in [0.1, 0.15) is 164 Å². The van der Waals surface area contributed by atoms with Crippen LogP contribution in [-0.2, 0) is 11.2 Å². The largest absolute Gasteiger partial charge is 0.508 e. The van der Waals surface area contributed by atoms with Crippen LogP contribution in [0.4, 0.5) is 4.39 Å². The van der Waals surface area contributed by atoms with Crippen molar-refractivity contribution in [2.75, 3.05) is 0 Å². The number of carbonyl (C=O) groups is 1. The number of phenolic OH excluding ortho intramolecular Hbond substituents is 1. The van der Waals surface area contributed by atoms with E-state index in [0.29, 0.717) is 0 Å². The number of phenols is 1. The molecule has 1 N–H and O–H groups in total. The van der Waals surface area contributed by atoms with Gasteiger partial charge in [0.1, 0.15) is 18.4 Å². The molecule has 0 radical (unpaired) electrons.